The molecule has 0 aromatic heterocycles. The van der Waals surface area contributed by atoms with E-state index in [0.29, 0.717) is 12.8 Å². The minimum atomic E-state index is -1.79. The molecule has 358 valence electrons. The zero-order chi connectivity index (χ0) is 44.7. The van der Waals surface area contributed by atoms with E-state index >= 15 is 0 Å². The van der Waals surface area contributed by atoms with E-state index < -0.39 is 86.8 Å². The molecule has 0 radical (unpaired) electrons. The van der Waals surface area contributed by atoms with Crippen LogP contribution < -0.4 is 5.32 Å². The molecule has 0 aromatic rings. The number of carbonyl (C=O) groups is 1. The highest BCUT2D eigenvalue weighted by Gasteiger charge is 2.51. The van der Waals surface area contributed by atoms with Gasteiger partial charge in [-0.15, -0.1) is 0 Å². The van der Waals surface area contributed by atoms with Gasteiger partial charge in [-0.1, -0.05) is 160 Å². The smallest absolute Gasteiger partial charge is 0.220 e. The van der Waals surface area contributed by atoms with Gasteiger partial charge in [-0.2, -0.15) is 0 Å². The zero-order valence-electron chi connectivity index (χ0n) is 37.7. The van der Waals surface area contributed by atoms with E-state index in [0.717, 1.165) is 32.1 Å². The number of ether oxygens (including phenoxy) is 4. The number of allylic oxidation sites excluding steroid dienone is 3. The molecule has 2 fully saturated rings. The van der Waals surface area contributed by atoms with Crippen LogP contribution in [0.25, 0.3) is 0 Å². The molecule has 2 heterocycles. The Labute approximate surface area is 367 Å². The van der Waals surface area contributed by atoms with E-state index in [1.807, 2.05) is 6.08 Å². The van der Waals surface area contributed by atoms with Gasteiger partial charge in [0.1, 0.15) is 48.8 Å². The van der Waals surface area contributed by atoms with Crippen LogP contribution in [0.4, 0.5) is 0 Å². The number of amides is 1. The fourth-order valence-electron chi connectivity index (χ4n) is 7.89. The number of carbonyl (C=O) groups excluding carboxylic acids is 1. The van der Waals surface area contributed by atoms with Crippen molar-refractivity contribution in [3.63, 3.8) is 0 Å². The predicted octanol–water partition coefficient (Wildman–Crippen LogP) is 5.38. The number of hydrogen-bond donors (Lipinski definition) is 9. The number of hydrogen-bond acceptors (Lipinski definition) is 13. The van der Waals surface area contributed by atoms with Gasteiger partial charge in [0.15, 0.2) is 12.6 Å². The molecule has 9 N–H and O–H groups in total. The molecule has 14 heteroatoms. The highest BCUT2D eigenvalue weighted by molar-refractivity contribution is 5.76. The minimum absolute atomic E-state index is 0.250. The molecule has 14 nitrogen and oxygen atoms in total. The maximum Gasteiger partial charge on any atom is 0.220 e. The summed E-state index contributed by atoms with van der Waals surface area (Å²) in [5.74, 6) is -0.250. The van der Waals surface area contributed by atoms with Gasteiger partial charge < -0.3 is 65.1 Å². The van der Waals surface area contributed by atoms with Crippen LogP contribution in [-0.2, 0) is 23.7 Å². The third kappa shape index (κ3) is 22.8. The number of rotatable bonds is 36. The molecule has 2 saturated heterocycles. The number of aliphatic hydroxyl groups is 8. The molecule has 0 aromatic carbocycles. The van der Waals surface area contributed by atoms with E-state index in [2.05, 4.69) is 31.3 Å². The van der Waals surface area contributed by atoms with E-state index in [-0.39, 0.29) is 18.9 Å². The van der Waals surface area contributed by atoms with Crippen LogP contribution in [0.1, 0.15) is 174 Å². The molecule has 0 aliphatic carbocycles. The van der Waals surface area contributed by atoms with Gasteiger partial charge in [0.2, 0.25) is 5.91 Å². The predicted molar refractivity (Wildman–Crippen MR) is 235 cm³/mol. The minimum Gasteiger partial charge on any atom is -0.394 e. The summed E-state index contributed by atoms with van der Waals surface area (Å²) in [4.78, 5) is 13.1. The number of nitrogens with one attached hydrogen (secondary N) is 1. The lowest BCUT2D eigenvalue weighted by molar-refractivity contribution is -0.359. The average molecular weight is 874 g/mol. The molecule has 0 bridgehead atoms. The van der Waals surface area contributed by atoms with Crippen molar-refractivity contribution in [1.82, 2.24) is 5.32 Å². The van der Waals surface area contributed by atoms with Crippen LogP contribution in [0, 0.1) is 0 Å². The molecule has 61 heavy (non-hydrogen) atoms. The summed E-state index contributed by atoms with van der Waals surface area (Å²) in [7, 11) is 0. The van der Waals surface area contributed by atoms with Crippen molar-refractivity contribution in [1.29, 1.82) is 0 Å². The lowest BCUT2D eigenvalue weighted by atomic mass is 9.97. The molecule has 12 unspecified atom stereocenters. The summed E-state index contributed by atoms with van der Waals surface area (Å²) < 4.78 is 22.6. The summed E-state index contributed by atoms with van der Waals surface area (Å²) in [5.41, 5.74) is 0. The van der Waals surface area contributed by atoms with Crippen LogP contribution in [0.5, 0.6) is 0 Å². The van der Waals surface area contributed by atoms with Gasteiger partial charge in [-0.3, -0.25) is 4.79 Å². The fourth-order valence-corrected chi connectivity index (χ4v) is 7.89. The first-order chi connectivity index (χ1) is 29.6. The highest BCUT2D eigenvalue weighted by Crippen LogP contribution is 2.30. The van der Waals surface area contributed by atoms with Gasteiger partial charge in [-0.25, -0.2) is 0 Å². The molecular formula is C47H87NO13. The van der Waals surface area contributed by atoms with Gasteiger partial charge in [-0.05, 0) is 32.1 Å². The lowest BCUT2D eigenvalue weighted by Crippen LogP contribution is -2.65. The van der Waals surface area contributed by atoms with Crippen molar-refractivity contribution in [2.24, 2.45) is 0 Å². The summed E-state index contributed by atoms with van der Waals surface area (Å²) in [6, 6.07) is -0.924. The molecule has 0 spiro atoms. The van der Waals surface area contributed by atoms with Crippen LogP contribution in [0.3, 0.4) is 0 Å². The first kappa shape index (κ1) is 55.6. The van der Waals surface area contributed by atoms with Gasteiger partial charge in [0.05, 0.1) is 32.0 Å². The van der Waals surface area contributed by atoms with Crippen molar-refractivity contribution >= 4 is 5.91 Å². The Morgan fingerprint density at radius 1 is 0.574 bits per heavy atom. The Balaban J connectivity index is 1.90. The van der Waals surface area contributed by atoms with Crippen LogP contribution in [0.15, 0.2) is 24.3 Å². The van der Waals surface area contributed by atoms with Crippen LogP contribution in [0.2, 0.25) is 0 Å². The van der Waals surface area contributed by atoms with Gasteiger partial charge >= 0.3 is 0 Å². The van der Waals surface area contributed by atoms with Crippen molar-refractivity contribution < 1.29 is 64.6 Å². The van der Waals surface area contributed by atoms with Crippen molar-refractivity contribution in [3.05, 3.63) is 24.3 Å². The van der Waals surface area contributed by atoms with E-state index in [4.69, 9.17) is 18.9 Å². The molecule has 0 saturated carbocycles. The second-order valence-corrected chi connectivity index (χ2v) is 17.2. The van der Waals surface area contributed by atoms with Crippen molar-refractivity contribution in [2.45, 2.75) is 248 Å². The molecule has 2 aliphatic rings. The Morgan fingerprint density at radius 2 is 1.05 bits per heavy atom. The molecule has 12 atom stereocenters. The van der Waals surface area contributed by atoms with Gasteiger partial charge in [0.25, 0.3) is 0 Å². The highest BCUT2D eigenvalue weighted by atomic mass is 16.7. The molecule has 2 aliphatic heterocycles. The maximum absolute atomic E-state index is 13.1. The lowest BCUT2D eigenvalue weighted by Gasteiger charge is -2.46. The van der Waals surface area contributed by atoms with E-state index in [1.54, 1.807) is 6.08 Å². The topological polar surface area (TPSA) is 228 Å². The fraction of sp³-hybridized carbons (Fsp3) is 0.894. The summed E-state index contributed by atoms with van der Waals surface area (Å²) in [6.07, 6.45) is 19.4. The second-order valence-electron chi connectivity index (χ2n) is 17.2. The van der Waals surface area contributed by atoms with Gasteiger partial charge in [0, 0.05) is 6.42 Å². The molecule has 2 rings (SSSR count). The first-order valence-electron chi connectivity index (χ1n) is 24.1. The van der Waals surface area contributed by atoms with E-state index in [1.165, 1.54) is 109 Å². The quantitative estimate of drug-likeness (QED) is 0.0285. The zero-order valence-corrected chi connectivity index (χ0v) is 37.7. The second kappa shape index (κ2) is 34.8. The average Bonchev–Trinajstić information content (AvgIpc) is 3.26. The largest absolute Gasteiger partial charge is 0.394 e. The number of aliphatic hydroxyl groups excluding tert-OH is 8. The first-order valence-corrected chi connectivity index (χ1v) is 24.1. The van der Waals surface area contributed by atoms with E-state index in [9.17, 15) is 45.6 Å². The van der Waals surface area contributed by atoms with Crippen molar-refractivity contribution in [3.8, 4) is 0 Å². The van der Waals surface area contributed by atoms with Crippen LogP contribution >= 0.6 is 0 Å². The summed E-state index contributed by atoms with van der Waals surface area (Å²) in [5, 5.41) is 86.5. The third-order valence-corrected chi connectivity index (χ3v) is 11.9. The summed E-state index contributed by atoms with van der Waals surface area (Å²) in [6.45, 7) is 2.74. The third-order valence-electron chi connectivity index (χ3n) is 11.9. The normalized spacial score (nSPS) is 28.2. The van der Waals surface area contributed by atoms with Crippen molar-refractivity contribution in [2.75, 3.05) is 19.8 Å². The standard InChI is InChI=1S/C47H87NO13/c1-3-5-7-9-11-13-15-17-19-21-23-25-27-29-31-39(52)48-35(36(51)30-28-26-24-22-20-18-16-14-12-10-8-6-4-2)34-58-46-44(57)42(55)45(38(33-50)60-46)61-47-43(56)41(54)40(53)37(32-49)59-47/h20,22,28,30,35-38,40-47,49-51,53-57H,3-19,21,23-27,29,31-34H2,1-2H3,(H,48,52)/b22-20+,30-28+. The summed E-state index contributed by atoms with van der Waals surface area (Å²) >= 11 is 0. The Kier molecular flexibility index (Phi) is 31.7. The SMILES string of the molecule is CCCCCCCCC/C=C/CC/C=C/C(O)C(COC1OC(CO)C(OC2OC(CO)C(O)C(O)C2O)C(O)C1O)NC(=O)CCCCCCCCCCCCCCCC. The number of unbranched alkanes of at least 4 members (excludes halogenated alkanes) is 21. The Bertz CT molecular complexity index is 1130. The van der Waals surface area contributed by atoms with Crippen LogP contribution in [-0.4, -0.2) is 140 Å². The molecular weight excluding hydrogens is 787 g/mol. The molecule has 1 amide bonds. The Hall–Kier alpha value is -1.53. The Morgan fingerprint density at radius 3 is 1.61 bits per heavy atom. The monoisotopic (exact) mass is 874 g/mol. The maximum atomic E-state index is 13.1.